The van der Waals surface area contributed by atoms with Crippen molar-refractivity contribution in [3.8, 4) is 0 Å². The Morgan fingerprint density at radius 1 is 0.301 bits per heavy atom. The van der Waals surface area contributed by atoms with E-state index in [9.17, 15) is 19.5 Å². The van der Waals surface area contributed by atoms with Crippen LogP contribution in [-0.4, -0.2) is 82.3 Å². The van der Waals surface area contributed by atoms with Crippen molar-refractivity contribution in [3.63, 3.8) is 0 Å². The molecule has 0 fully saturated rings. The second kappa shape index (κ2) is 83.6. The summed E-state index contributed by atoms with van der Waals surface area (Å²) in [5.74, 6) is -2.28. The Labute approximate surface area is 638 Å². The lowest BCUT2D eigenvalue weighted by molar-refractivity contribution is -0.870. The van der Waals surface area contributed by atoms with Crippen molar-refractivity contribution in [2.24, 2.45) is 0 Å². The highest BCUT2D eigenvalue weighted by Gasteiger charge is 2.22. The van der Waals surface area contributed by atoms with Crippen molar-refractivity contribution in [1.82, 2.24) is 0 Å². The molecule has 9 nitrogen and oxygen atoms in total. The van der Waals surface area contributed by atoms with E-state index in [0.29, 0.717) is 23.9 Å². The van der Waals surface area contributed by atoms with Crippen molar-refractivity contribution in [1.29, 1.82) is 0 Å². The van der Waals surface area contributed by atoms with Gasteiger partial charge in [0.2, 0.25) is 0 Å². The second-order valence-electron chi connectivity index (χ2n) is 30.8. The topological polar surface area (TPSA) is 111 Å². The number of hydrogen-bond acceptors (Lipinski definition) is 8. The minimum Gasteiger partial charge on any atom is -0.545 e. The third kappa shape index (κ3) is 85.1. The van der Waals surface area contributed by atoms with Crippen LogP contribution >= 0.6 is 0 Å². The molecule has 0 saturated carbocycles. The first kappa shape index (κ1) is 98.9. The van der Waals surface area contributed by atoms with Crippen molar-refractivity contribution in [2.75, 3.05) is 47.5 Å². The lowest BCUT2D eigenvalue weighted by Crippen LogP contribution is -2.44. The van der Waals surface area contributed by atoms with Crippen LogP contribution in [0.2, 0.25) is 0 Å². The summed E-state index contributed by atoms with van der Waals surface area (Å²) in [5.41, 5.74) is 0. The molecule has 2 unspecified atom stereocenters. The number of unbranched alkanes of at least 4 members (excludes halogenated alkanes) is 49. The van der Waals surface area contributed by atoms with E-state index in [4.69, 9.17) is 18.9 Å². The van der Waals surface area contributed by atoms with E-state index < -0.39 is 24.3 Å². The third-order valence-electron chi connectivity index (χ3n) is 19.5. The van der Waals surface area contributed by atoms with Gasteiger partial charge in [-0.05, 0) is 83.5 Å². The molecule has 9 heteroatoms. The zero-order chi connectivity index (χ0) is 74.6. The first-order chi connectivity index (χ1) is 50.6. The zero-order valence-electron chi connectivity index (χ0n) is 68.4. The molecular weight excluding hydrogens is 1270 g/mol. The molecule has 0 aliphatic rings. The number of carboxylic acid groups (broad SMARTS) is 1. The number of carbonyl (C=O) groups excluding carboxylic acids is 3. The van der Waals surface area contributed by atoms with Crippen LogP contribution in [0.5, 0.6) is 0 Å². The number of carboxylic acids is 1. The van der Waals surface area contributed by atoms with Gasteiger partial charge in [-0.1, -0.05) is 425 Å². The lowest BCUT2D eigenvalue weighted by atomic mass is 10.0. The minimum atomic E-state index is -1.63. The number of carbonyl (C=O) groups is 3. The maximum atomic E-state index is 13.0. The first-order valence-electron chi connectivity index (χ1n) is 44.0. The molecule has 0 rings (SSSR count). The second-order valence-corrected chi connectivity index (χ2v) is 30.8. The third-order valence-corrected chi connectivity index (χ3v) is 19.5. The maximum absolute atomic E-state index is 13.0. The summed E-state index contributed by atoms with van der Waals surface area (Å²) in [6.45, 7) is 4.68. The van der Waals surface area contributed by atoms with Crippen molar-refractivity contribution < 1.29 is 42.9 Å². The van der Waals surface area contributed by atoms with Gasteiger partial charge in [0.15, 0.2) is 12.4 Å². The molecule has 0 N–H and O–H groups in total. The predicted molar refractivity (Wildman–Crippen MR) is 444 cm³/mol. The molecule has 0 aromatic carbocycles. The van der Waals surface area contributed by atoms with E-state index in [-0.39, 0.29) is 32.2 Å². The number of esters is 2. The van der Waals surface area contributed by atoms with Gasteiger partial charge >= 0.3 is 11.9 Å². The van der Waals surface area contributed by atoms with Crippen molar-refractivity contribution >= 4 is 17.9 Å². The minimum absolute atomic E-state index is 0.144. The summed E-state index contributed by atoms with van der Waals surface area (Å²) < 4.78 is 22.9. The Morgan fingerprint density at radius 2 is 0.553 bits per heavy atom. The number of rotatable bonds is 82. The molecule has 0 aromatic heterocycles. The largest absolute Gasteiger partial charge is 0.545 e. The fourth-order valence-electron chi connectivity index (χ4n) is 12.9. The summed E-state index contributed by atoms with van der Waals surface area (Å²) in [6.07, 6.45) is 115. The van der Waals surface area contributed by atoms with Gasteiger partial charge in [-0.15, -0.1) is 0 Å². The molecule has 0 bridgehead atoms. The monoisotopic (exact) mass is 1440 g/mol. The highest BCUT2D eigenvalue weighted by Crippen LogP contribution is 2.20. The van der Waals surface area contributed by atoms with E-state index in [0.717, 1.165) is 103 Å². The smallest absolute Gasteiger partial charge is 0.306 e. The van der Waals surface area contributed by atoms with Crippen LogP contribution in [0.25, 0.3) is 0 Å². The highest BCUT2D eigenvalue weighted by atomic mass is 16.7. The zero-order valence-corrected chi connectivity index (χ0v) is 68.4. The highest BCUT2D eigenvalue weighted by molar-refractivity contribution is 5.70. The van der Waals surface area contributed by atoms with Crippen molar-refractivity contribution in [2.45, 2.75) is 424 Å². The Balaban J connectivity index is 3.98. The fourth-order valence-corrected chi connectivity index (χ4v) is 12.9. The van der Waals surface area contributed by atoms with Crippen LogP contribution < -0.4 is 5.11 Å². The average molecular weight is 1440 g/mol. The predicted octanol–water partition coefficient (Wildman–Crippen LogP) is 27.5. The number of quaternary nitrogens is 1. The van der Waals surface area contributed by atoms with Crippen LogP contribution in [0.1, 0.15) is 412 Å². The van der Waals surface area contributed by atoms with Gasteiger partial charge in [0.05, 0.1) is 40.3 Å². The number of ether oxygens (including phenoxy) is 4. The maximum Gasteiger partial charge on any atom is 0.306 e. The molecule has 0 amide bonds. The van der Waals surface area contributed by atoms with Crippen LogP contribution in [0.3, 0.4) is 0 Å². The van der Waals surface area contributed by atoms with Gasteiger partial charge in [-0.25, -0.2) is 0 Å². The van der Waals surface area contributed by atoms with Crippen LogP contribution in [0, 0.1) is 0 Å². The molecule has 0 aliphatic heterocycles. The van der Waals surface area contributed by atoms with Crippen molar-refractivity contribution in [3.05, 3.63) is 109 Å². The standard InChI is InChI=1S/C94H167NO8/c1-6-8-10-12-14-16-18-20-22-24-26-28-30-32-34-36-38-40-42-44-45-46-47-49-50-52-54-56-58-60-62-64-66-68-70-72-74-76-78-80-82-84-91(96)101-88-90(89-102-94(93(98)99)100-87-86-95(3,4)5)103-92(97)85-83-81-79-77-75-73-71-69-67-65-63-61-59-57-55-53-51-48-43-41-39-37-35-33-31-29-27-25-23-21-19-17-15-13-11-9-7-2/h9,11,15,17,21,23,27,29,33,35,39,41,48,51,55,57,61,63,90,94H,6-8,10,12-14,16,18-20,22,24-26,28,30-32,34,36-38,40,42-47,49-50,52-54,56,58-60,62,64-89H2,1-5H3/b11-9-,17-15-,23-21-,29-27-,35-33-,41-39-,51-48-,57-55-,63-61-. The van der Waals surface area contributed by atoms with E-state index in [1.165, 1.54) is 276 Å². The first-order valence-corrected chi connectivity index (χ1v) is 44.0. The van der Waals surface area contributed by atoms with E-state index in [1.54, 1.807) is 0 Å². The summed E-state index contributed by atoms with van der Waals surface area (Å²) >= 11 is 0. The molecular formula is C94H167NO8. The molecule has 0 spiro atoms. The Kier molecular flexibility index (Phi) is 80.3. The summed E-state index contributed by atoms with van der Waals surface area (Å²) in [4.78, 5) is 37.7. The van der Waals surface area contributed by atoms with Crippen LogP contribution in [0.4, 0.5) is 0 Å². The summed E-state index contributed by atoms with van der Waals surface area (Å²) in [5, 5.41) is 11.9. The average Bonchev–Trinajstić information content (AvgIpc) is 1.16. The molecule has 0 aromatic rings. The van der Waals surface area contributed by atoms with Gasteiger partial charge in [-0.3, -0.25) is 9.59 Å². The number of aliphatic carboxylic acids is 1. The molecule has 0 radical (unpaired) electrons. The fraction of sp³-hybridized carbons (Fsp3) is 0.777. The SMILES string of the molecule is CC/C=C\C/C=C\C/C=C\C/C=C\C/C=C\C/C=C\C/C=C\C/C=C\C/C=C\CCCCCCCCCCCC(=O)OC(COC(=O)CCCCCCCCCCCCCCCCCCCCCCCCCCCCCCCCCCCCCCCCCCC)COC(OCC[N+](C)(C)C)C(=O)[O-]. The van der Waals surface area contributed by atoms with Gasteiger partial charge in [0.25, 0.3) is 0 Å². The number of allylic oxidation sites excluding steroid dienone is 18. The summed E-state index contributed by atoms with van der Waals surface area (Å²) in [7, 11) is 5.94. The Bertz CT molecular complexity index is 2070. The van der Waals surface area contributed by atoms with E-state index in [2.05, 4.69) is 123 Å². The number of likely N-dealkylation sites (N-methyl/N-ethyl adjacent to an activating group) is 1. The van der Waals surface area contributed by atoms with Gasteiger partial charge < -0.3 is 33.3 Å². The van der Waals surface area contributed by atoms with Gasteiger partial charge in [-0.2, -0.15) is 0 Å². The molecule has 103 heavy (non-hydrogen) atoms. The van der Waals surface area contributed by atoms with E-state index in [1.807, 2.05) is 21.1 Å². The molecule has 2 atom stereocenters. The van der Waals surface area contributed by atoms with Crippen LogP contribution in [0.15, 0.2) is 109 Å². The molecule has 0 heterocycles. The van der Waals surface area contributed by atoms with Gasteiger partial charge in [0, 0.05) is 12.8 Å². The summed E-state index contributed by atoms with van der Waals surface area (Å²) in [6, 6.07) is 0. The van der Waals surface area contributed by atoms with Crippen LogP contribution in [-0.2, 0) is 33.3 Å². The normalized spacial score (nSPS) is 13.1. The number of nitrogens with zero attached hydrogens (tertiary/aromatic N) is 1. The molecule has 596 valence electrons. The van der Waals surface area contributed by atoms with Gasteiger partial charge in [0.1, 0.15) is 13.2 Å². The quantitative estimate of drug-likeness (QED) is 0.0195. The number of hydrogen-bond donors (Lipinski definition) is 0. The molecule has 0 saturated heterocycles. The molecule has 0 aliphatic carbocycles. The van der Waals surface area contributed by atoms with E-state index >= 15 is 0 Å². The lowest BCUT2D eigenvalue weighted by Gasteiger charge is -2.26. The Morgan fingerprint density at radius 3 is 0.825 bits per heavy atom. The Hall–Kier alpha value is -4.05.